The summed E-state index contributed by atoms with van der Waals surface area (Å²) in [5, 5.41) is 5.16. The van der Waals surface area contributed by atoms with E-state index in [0.717, 1.165) is 18.5 Å². The van der Waals surface area contributed by atoms with Crippen LogP contribution in [0.5, 0.6) is 0 Å². The first-order valence-electron chi connectivity index (χ1n) is 7.38. The molecule has 1 fully saturated rings. The summed E-state index contributed by atoms with van der Waals surface area (Å²) in [6.45, 7) is 7.89. The van der Waals surface area contributed by atoms with Crippen LogP contribution < -0.4 is 5.32 Å². The van der Waals surface area contributed by atoms with Crippen LogP contribution in [-0.2, 0) is 13.0 Å². The fraction of sp³-hybridized carbons (Fsp3) is 0.529. The lowest BCUT2D eigenvalue weighted by molar-refractivity contribution is 0.637. The molecule has 1 aliphatic carbocycles. The Bertz CT molecular complexity index is 578. The molecule has 1 heterocycles. The fourth-order valence-electron chi connectivity index (χ4n) is 2.61. The summed E-state index contributed by atoms with van der Waals surface area (Å²) in [7, 11) is 0. The van der Waals surface area contributed by atoms with Crippen LogP contribution in [-0.4, -0.2) is 6.04 Å². The molecule has 0 radical (unpaired) electrons. The maximum absolute atomic E-state index is 3.67. The van der Waals surface area contributed by atoms with E-state index < -0.39 is 0 Å². The summed E-state index contributed by atoms with van der Waals surface area (Å²) in [5.74, 6) is 0.720. The summed E-state index contributed by atoms with van der Waals surface area (Å²) < 4.78 is 1.45. The molecule has 0 spiro atoms. The van der Waals surface area contributed by atoms with Crippen molar-refractivity contribution in [3.8, 4) is 0 Å². The van der Waals surface area contributed by atoms with Crippen LogP contribution in [0.25, 0.3) is 10.1 Å². The minimum absolute atomic E-state index is 0.720. The quantitative estimate of drug-likeness (QED) is 0.835. The molecule has 2 aromatic rings. The van der Waals surface area contributed by atoms with Crippen molar-refractivity contribution in [1.29, 1.82) is 0 Å². The Labute approximate surface area is 120 Å². The Balaban J connectivity index is 1.97. The standard InChI is InChI=1S/C17H23NS/c1-11(2)8-14-15-9-12(3)4-7-16(15)19-17(14)10-18-13-5-6-13/h4,7,9,11,13,18H,5-6,8,10H2,1-3H3. The van der Waals surface area contributed by atoms with Crippen LogP contribution in [0.1, 0.15) is 42.7 Å². The minimum atomic E-state index is 0.720. The third-order valence-corrected chi connectivity index (χ3v) is 4.98. The van der Waals surface area contributed by atoms with Gasteiger partial charge in [0.1, 0.15) is 0 Å². The number of hydrogen-bond donors (Lipinski definition) is 1. The highest BCUT2D eigenvalue weighted by molar-refractivity contribution is 7.19. The molecule has 0 bridgehead atoms. The molecule has 3 rings (SSSR count). The summed E-state index contributed by atoms with van der Waals surface area (Å²) in [4.78, 5) is 1.56. The van der Waals surface area contributed by atoms with Crippen LogP contribution in [0.2, 0.25) is 0 Å². The summed E-state index contributed by atoms with van der Waals surface area (Å²) >= 11 is 1.98. The summed E-state index contributed by atoms with van der Waals surface area (Å²) in [6, 6.07) is 7.68. The van der Waals surface area contributed by atoms with Crippen molar-refractivity contribution in [2.24, 2.45) is 5.92 Å². The lowest BCUT2D eigenvalue weighted by Gasteiger charge is -2.08. The van der Waals surface area contributed by atoms with Crippen LogP contribution in [0, 0.1) is 12.8 Å². The van der Waals surface area contributed by atoms with E-state index in [4.69, 9.17) is 0 Å². The van der Waals surface area contributed by atoms with Crippen molar-refractivity contribution in [3.05, 3.63) is 34.2 Å². The van der Waals surface area contributed by atoms with Gasteiger partial charge in [0.05, 0.1) is 0 Å². The van der Waals surface area contributed by atoms with Crippen molar-refractivity contribution < 1.29 is 0 Å². The second-order valence-corrected chi connectivity index (χ2v) is 7.39. The van der Waals surface area contributed by atoms with E-state index in [1.165, 1.54) is 34.9 Å². The van der Waals surface area contributed by atoms with Crippen LogP contribution in [0.3, 0.4) is 0 Å². The third kappa shape index (κ3) is 3.01. The van der Waals surface area contributed by atoms with E-state index >= 15 is 0 Å². The van der Waals surface area contributed by atoms with Crippen molar-refractivity contribution in [2.45, 2.75) is 52.6 Å². The van der Waals surface area contributed by atoms with Gasteiger partial charge in [-0.1, -0.05) is 31.5 Å². The molecule has 0 saturated heterocycles. The van der Waals surface area contributed by atoms with Crippen molar-refractivity contribution in [2.75, 3.05) is 0 Å². The van der Waals surface area contributed by atoms with E-state index in [1.807, 2.05) is 11.3 Å². The maximum atomic E-state index is 3.67. The summed E-state index contributed by atoms with van der Waals surface area (Å²) in [5.41, 5.74) is 2.96. The molecule has 1 aromatic carbocycles. The molecular formula is C17H23NS. The number of benzene rings is 1. The Kier molecular flexibility index (Phi) is 3.64. The lowest BCUT2D eigenvalue weighted by atomic mass is 9.99. The van der Waals surface area contributed by atoms with E-state index in [0.29, 0.717) is 0 Å². The number of hydrogen-bond acceptors (Lipinski definition) is 2. The zero-order valence-electron chi connectivity index (χ0n) is 12.1. The zero-order valence-corrected chi connectivity index (χ0v) is 12.9. The first-order valence-corrected chi connectivity index (χ1v) is 8.19. The third-order valence-electron chi connectivity index (χ3n) is 3.77. The van der Waals surface area contributed by atoms with Gasteiger partial charge in [-0.15, -0.1) is 11.3 Å². The lowest BCUT2D eigenvalue weighted by Crippen LogP contribution is -2.15. The van der Waals surface area contributed by atoms with Gasteiger partial charge >= 0.3 is 0 Å². The molecule has 102 valence electrons. The van der Waals surface area contributed by atoms with Gasteiger partial charge in [-0.25, -0.2) is 0 Å². The molecule has 19 heavy (non-hydrogen) atoms. The second-order valence-electron chi connectivity index (χ2n) is 6.26. The smallest absolute Gasteiger partial charge is 0.0349 e. The predicted molar refractivity (Wildman–Crippen MR) is 85.0 cm³/mol. The molecule has 1 aromatic heterocycles. The van der Waals surface area contributed by atoms with Crippen LogP contribution >= 0.6 is 11.3 Å². The van der Waals surface area contributed by atoms with Gasteiger partial charge < -0.3 is 5.32 Å². The minimum Gasteiger partial charge on any atom is -0.309 e. The number of nitrogens with one attached hydrogen (secondary N) is 1. The van der Waals surface area contributed by atoms with Crippen molar-refractivity contribution in [1.82, 2.24) is 5.32 Å². The van der Waals surface area contributed by atoms with Gasteiger partial charge in [-0.05, 0) is 49.1 Å². The van der Waals surface area contributed by atoms with E-state index in [-0.39, 0.29) is 0 Å². The maximum Gasteiger partial charge on any atom is 0.0349 e. The van der Waals surface area contributed by atoms with Crippen molar-refractivity contribution in [3.63, 3.8) is 0 Å². The molecule has 1 N–H and O–H groups in total. The summed E-state index contributed by atoms with van der Waals surface area (Å²) in [6.07, 6.45) is 3.93. The predicted octanol–water partition coefficient (Wildman–Crippen LogP) is 4.66. The highest BCUT2D eigenvalue weighted by Crippen LogP contribution is 2.34. The molecule has 2 heteroatoms. The molecule has 0 aliphatic heterocycles. The normalized spacial score (nSPS) is 15.6. The van der Waals surface area contributed by atoms with E-state index in [2.05, 4.69) is 44.3 Å². The number of rotatable bonds is 5. The first-order chi connectivity index (χ1) is 9.13. The molecule has 1 aliphatic rings. The van der Waals surface area contributed by atoms with Crippen molar-refractivity contribution >= 4 is 21.4 Å². The van der Waals surface area contributed by atoms with Gasteiger partial charge in [-0.3, -0.25) is 0 Å². The van der Waals surface area contributed by atoms with E-state index in [9.17, 15) is 0 Å². The first kappa shape index (κ1) is 13.1. The molecule has 0 unspecified atom stereocenters. The van der Waals surface area contributed by atoms with Gasteiger partial charge in [0.15, 0.2) is 0 Å². The second kappa shape index (κ2) is 5.26. The largest absolute Gasteiger partial charge is 0.309 e. The Morgan fingerprint density at radius 2 is 2.11 bits per heavy atom. The van der Waals surface area contributed by atoms with Gasteiger partial charge in [0, 0.05) is 22.2 Å². The fourth-order valence-corrected chi connectivity index (χ4v) is 3.78. The Morgan fingerprint density at radius 3 is 2.79 bits per heavy atom. The van der Waals surface area contributed by atoms with Gasteiger partial charge in [0.2, 0.25) is 0 Å². The van der Waals surface area contributed by atoms with E-state index in [1.54, 1.807) is 10.4 Å². The molecule has 0 atom stereocenters. The average molecular weight is 273 g/mol. The molecular weight excluding hydrogens is 250 g/mol. The van der Waals surface area contributed by atoms with Gasteiger partial charge in [-0.2, -0.15) is 0 Å². The zero-order chi connectivity index (χ0) is 13.4. The van der Waals surface area contributed by atoms with Crippen LogP contribution in [0.4, 0.5) is 0 Å². The van der Waals surface area contributed by atoms with Crippen LogP contribution in [0.15, 0.2) is 18.2 Å². The molecule has 0 amide bonds. The number of aryl methyl sites for hydroxylation is 1. The molecule has 1 saturated carbocycles. The Hall–Kier alpha value is -0.860. The highest BCUT2D eigenvalue weighted by atomic mass is 32.1. The number of fused-ring (bicyclic) bond motifs is 1. The van der Waals surface area contributed by atoms with Gasteiger partial charge in [0.25, 0.3) is 0 Å². The topological polar surface area (TPSA) is 12.0 Å². The Morgan fingerprint density at radius 1 is 1.32 bits per heavy atom. The highest BCUT2D eigenvalue weighted by Gasteiger charge is 2.21. The monoisotopic (exact) mass is 273 g/mol. The molecule has 1 nitrogen and oxygen atoms in total. The number of thiophene rings is 1. The average Bonchev–Trinajstić information content (AvgIpc) is 3.12. The SMILES string of the molecule is Cc1ccc2sc(CNC3CC3)c(CC(C)C)c2c1.